The second-order valence-electron chi connectivity index (χ2n) is 18.3. The minimum Gasteiger partial charge on any atom is -0.384 e. The Labute approximate surface area is 409 Å². The van der Waals surface area contributed by atoms with Gasteiger partial charge >= 0.3 is 0 Å². The first-order valence-corrected chi connectivity index (χ1v) is 29.5. The molecule has 6 aromatic rings. The molecule has 2 atom stereocenters. The van der Waals surface area contributed by atoms with E-state index in [2.05, 4.69) is 29.7 Å². The summed E-state index contributed by atoms with van der Waals surface area (Å²) in [6, 6.07) is 17.6. The third-order valence-electron chi connectivity index (χ3n) is 13.5. The highest BCUT2D eigenvalue weighted by molar-refractivity contribution is 7.92. The summed E-state index contributed by atoms with van der Waals surface area (Å²) in [5, 5.41) is 1.39. The molecule has 8 rings (SSSR count). The first-order valence-electron chi connectivity index (χ1n) is 23.2. The van der Waals surface area contributed by atoms with Crippen LogP contribution in [0.25, 0.3) is 22.1 Å². The van der Waals surface area contributed by atoms with Gasteiger partial charge in [-0.2, -0.15) is 0 Å². The van der Waals surface area contributed by atoms with Gasteiger partial charge in [-0.25, -0.2) is 48.9 Å². The smallest absolute Gasteiger partial charge is 0.269 e. The minimum absolute atomic E-state index is 0.212. The summed E-state index contributed by atoms with van der Waals surface area (Å²) in [6.07, 6.45) is 13.5. The first-order chi connectivity index (χ1) is 32.9. The highest BCUT2D eigenvalue weighted by atomic mass is 32.2. The molecule has 21 heteroatoms. The van der Waals surface area contributed by atoms with Crippen LogP contribution in [-0.4, -0.2) is 130 Å². The van der Waals surface area contributed by atoms with Crippen LogP contribution in [0.5, 0.6) is 0 Å². The number of hydrogen-bond donors (Lipinski definition) is 1. The number of aryl methyl sites for hydroxylation is 2. The summed E-state index contributed by atoms with van der Waals surface area (Å²) in [5.41, 5.74) is 2.71. The van der Waals surface area contributed by atoms with Crippen molar-refractivity contribution >= 4 is 74.3 Å². The number of anilines is 2. The number of fused-ring (bicyclic) bond motifs is 2. The quantitative estimate of drug-likeness (QED) is 0.0916. The van der Waals surface area contributed by atoms with Crippen LogP contribution >= 0.6 is 0 Å². The van der Waals surface area contributed by atoms with Crippen molar-refractivity contribution in [1.82, 2.24) is 27.9 Å². The predicted octanol–water partition coefficient (Wildman–Crippen LogP) is 7.03. The molecule has 374 valence electrons. The average Bonchev–Trinajstić information content (AvgIpc) is 4.00. The summed E-state index contributed by atoms with van der Waals surface area (Å²) in [4.78, 5) is 22.3. The third-order valence-corrected chi connectivity index (χ3v) is 20.1. The maximum Gasteiger partial charge on any atom is 0.269 e. The third kappa shape index (κ3) is 12.2. The average molecular weight is 1020 g/mol. The van der Waals surface area contributed by atoms with Gasteiger partial charge in [0.25, 0.3) is 20.0 Å². The van der Waals surface area contributed by atoms with E-state index in [0.717, 1.165) is 74.1 Å². The number of aromatic nitrogens is 6. The molecule has 0 saturated heterocycles. The fraction of sp³-hybridized carbons (Fsp3) is 0.500. The molecule has 4 heterocycles. The van der Waals surface area contributed by atoms with Crippen molar-refractivity contribution in [3.63, 3.8) is 0 Å². The van der Waals surface area contributed by atoms with E-state index in [1.165, 1.54) is 26.8 Å². The van der Waals surface area contributed by atoms with Gasteiger partial charge in [0.1, 0.15) is 24.3 Å². The second-order valence-corrected chi connectivity index (χ2v) is 25.9. The normalized spacial score (nSPS) is 20.2. The number of hydrogen-bond acceptors (Lipinski definition) is 15. The maximum absolute atomic E-state index is 13.3. The highest BCUT2D eigenvalue weighted by Gasteiger charge is 2.31. The molecule has 0 radical (unpaired) electrons. The summed E-state index contributed by atoms with van der Waals surface area (Å²) < 4.78 is 98.3. The molecule has 2 aliphatic carbocycles. The van der Waals surface area contributed by atoms with Gasteiger partial charge in [-0.05, 0) is 113 Å². The zero-order valence-corrected chi connectivity index (χ0v) is 43.5. The van der Waals surface area contributed by atoms with Crippen molar-refractivity contribution in [3.05, 3.63) is 96.8 Å². The van der Waals surface area contributed by atoms with Crippen LogP contribution in [0.4, 0.5) is 11.6 Å². The fourth-order valence-electron chi connectivity index (χ4n) is 9.38. The van der Waals surface area contributed by atoms with Crippen molar-refractivity contribution in [2.45, 2.75) is 87.1 Å². The monoisotopic (exact) mass is 1020 g/mol. The predicted molar refractivity (Wildman–Crippen MR) is 273 cm³/mol. The standard InChI is InChI=1S/C24H33N5O4S2.C24H32N4O4S2/c1-18-4-10-21(11-5-18)35(31,32)29-13-12-22-23(26-17-27-24(22)29)28(2)20-8-6-19(7-9-20)16-34(25,30)15-14-33-3;1-18-4-10-21(11-5-18)34(30,31)28-13-12-22-23(25-17-26-24(22)28)27(2)20-8-6-19(7-9-20)16-33(29)15-14-32-3/h4-5,10-13,17,19-20,25H,6-9,14-16H2,1-3H3;4-5,10-13,17,19-20H,6-9,14-16H2,1-3H3. The molecule has 0 spiro atoms. The van der Waals surface area contributed by atoms with Crippen molar-refractivity contribution in [3.8, 4) is 0 Å². The SMILES string of the molecule is COCCS(=N)(=O)CC1CCC(N(C)c2ncnc3c2ccn3S(=O)(=O)c2ccc(C)cc2)CC1.COCCS(=O)CC1CCC(N(C)c2ncnc3c2ccn3S(=O)(=O)c2ccc(C)cc2)CC1. The van der Waals surface area contributed by atoms with E-state index in [4.69, 9.17) is 14.3 Å². The fourth-order valence-corrected chi connectivity index (χ4v) is 15.1. The molecule has 2 saturated carbocycles. The molecule has 0 amide bonds. The Morgan fingerprint density at radius 3 is 1.46 bits per heavy atom. The zero-order valence-electron chi connectivity index (χ0n) is 40.3. The molecular weight excluding hydrogens is 959 g/mol. The van der Waals surface area contributed by atoms with Crippen molar-refractivity contribution in [1.29, 1.82) is 4.78 Å². The number of benzene rings is 2. The van der Waals surface area contributed by atoms with Crippen LogP contribution in [-0.2, 0) is 50.0 Å². The number of methoxy groups -OCH3 is 2. The second kappa shape index (κ2) is 22.5. The molecule has 4 aromatic heterocycles. The van der Waals surface area contributed by atoms with Gasteiger partial charge in [0.2, 0.25) is 0 Å². The van der Waals surface area contributed by atoms with Crippen LogP contribution in [0.3, 0.4) is 0 Å². The Morgan fingerprint density at radius 2 is 1.04 bits per heavy atom. The van der Waals surface area contributed by atoms with Gasteiger partial charge in [-0.15, -0.1) is 0 Å². The molecule has 1 N–H and O–H groups in total. The lowest BCUT2D eigenvalue weighted by atomic mass is 9.86. The lowest BCUT2D eigenvalue weighted by molar-refractivity contribution is 0.217. The van der Waals surface area contributed by atoms with Crippen molar-refractivity contribution < 1.29 is 34.7 Å². The highest BCUT2D eigenvalue weighted by Crippen LogP contribution is 2.35. The molecule has 2 aliphatic rings. The number of rotatable bonds is 18. The lowest BCUT2D eigenvalue weighted by Gasteiger charge is -2.35. The van der Waals surface area contributed by atoms with Gasteiger partial charge in [-0.1, -0.05) is 35.4 Å². The van der Waals surface area contributed by atoms with Crippen LogP contribution in [0.15, 0.2) is 95.5 Å². The lowest BCUT2D eigenvalue weighted by Crippen LogP contribution is -2.37. The van der Waals surface area contributed by atoms with E-state index in [0.29, 0.717) is 64.6 Å². The molecule has 2 aromatic carbocycles. The first kappa shape index (κ1) is 52.0. The van der Waals surface area contributed by atoms with E-state index in [9.17, 15) is 25.3 Å². The summed E-state index contributed by atoms with van der Waals surface area (Å²) in [5.74, 6) is 4.20. The van der Waals surface area contributed by atoms with E-state index in [-0.39, 0.29) is 27.5 Å². The Balaban J connectivity index is 0.000000204. The Morgan fingerprint density at radius 1 is 0.623 bits per heavy atom. The summed E-state index contributed by atoms with van der Waals surface area (Å²) in [6.45, 7) is 4.72. The van der Waals surface area contributed by atoms with E-state index in [1.807, 2.05) is 27.9 Å². The van der Waals surface area contributed by atoms with Gasteiger partial charge in [-0.3, -0.25) is 8.99 Å². The van der Waals surface area contributed by atoms with Gasteiger partial charge in [0.15, 0.2) is 11.3 Å². The molecule has 0 aliphatic heterocycles. The molecule has 69 heavy (non-hydrogen) atoms. The van der Waals surface area contributed by atoms with E-state index in [1.54, 1.807) is 81.1 Å². The number of ether oxygens (including phenoxy) is 2. The Kier molecular flexibility index (Phi) is 17.0. The van der Waals surface area contributed by atoms with Crippen LogP contribution in [0.1, 0.15) is 62.5 Å². The van der Waals surface area contributed by atoms with Crippen molar-refractivity contribution in [2.75, 3.05) is 74.3 Å². The molecule has 2 fully saturated rings. The number of nitrogens with zero attached hydrogens (tertiary/aromatic N) is 8. The molecule has 0 bridgehead atoms. The molecule has 2 unspecified atom stereocenters. The van der Waals surface area contributed by atoms with E-state index >= 15 is 0 Å². The van der Waals surface area contributed by atoms with Gasteiger partial charge in [0, 0.05) is 90.6 Å². The largest absolute Gasteiger partial charge is 0.384 e. The van der Waals surface area contributed by atoms with Crippen LogP contribution in [0.2, 0.25) is 0 Å². The molecule has 17 nitrogen and oxygen atoms in total. The summed E-state index contributed by atoms with van der Waals surface area (Å²) >= 11 is 0. The number of nitrogens with one attached hydrogen (secondary N) is 1. The topological polar surface area (TPSA) is 213 Å². The van der Waals surface area contributed by atoms with Gasteiger partial charge in [0.05, 0.1) is 39.5 Å². The Hall–Kier alpha value is -4.80. The zero-order chi connectivity index (χ0) is 49.5. The van der Waals surface area contributed by atoms with Gasteiger partial charge < -0.3 is 19.3 Å². The van der Waals surface area contributed by atoms with Crippen LogP contribution < -0.4 is 9.80 Å². The maximum atomic E-state index is 13.3. The minimum atomic E-state index is -3.78. The van der Waals surface area contributed by atoms with Crippen molar-refractivity contribution in [2.24, 2.45) is 11.8 Å². The van der Waals surface area contributed by atoms with Crippen LogP contribution in [0, 0.1) is 30.5 Å². The Bertz CT molecular complexity index is 3040. The summed E-state index contributed by atoms with van der Waals surface area (Å²) in [7, 11) is -3.82. The van der Waals surface area contributed by atoms with E-state index < -0.39 is 40.6 Å². The molecular formula is C48H65N9O8S4.